The summed E-state index contributed by atoms with van der Waals surface area (Å²) in [4.78, 5) is 15.5. The van der Waals surface area contributed by atoms with Gasteiger partial charge in [0.15, 0.2) is 5.65 Å². The smallest absolute Gasteiger partial charge is 0.177 e. The van der Waals surface area contributed by atoms with E-state index in [9.17, 15) is 0 Å². The lowest BCUT2D eigenvalue weighted by Gasteiger charge is -1.95. The molecule has 4 nitrogen and oxygen atoms in total. The van der Waals surface area contributed by atoms with Gasteiger partial charge in [0, 0.05) is 24.5 Å². The molecule has 134 valence electrons. The van der Waals surface area contributed by atoms with E-state index in [-0.39, 0.29) is 0 Å². The fraction of sp³-hybridized carbons (Fsp3) is 0.450. The molecule has 0 unspecified atom stereocenters. The SMILES string of the molecule is CC.CC.CC.CC(C)c1nc2ncccc2[nH]1.c1ccncc1. The fourth-order valence-electron chi connectivity index (χ4n) is 1.45. The topological polar surface area (TPSA) is 54.5 Å². The Kier molecular flexibility index (Phi) is 17.1. The molecule has 4 heteroatoms. The lowest BCUT2D eigenvalue weighted by Crippen LogP contribution is -1.88. The lowest BCUT2D eigenvalue weighted by atomic mass is 10.2. The number of pyridine rings is 2. The van der Waals surface area contributed by atoms with Gasteiger partial charge in [0.2, 0.25) is 0 Å². The lowest BCUT2D eigenvalue weighted by molar-refractivity contribution is 0.798. The van der Waals surface area contributed by atoms with Crippen LogP contribution >= 0.6 is 0 Å². The molecule has 0 radical (unpaired) electrons. The first kappa shape index (κ1) is 24.0. The summed E-state index contributed by atoms with van der Waals surface area (Å²) in [5.74, 6) is 1.43. The molecule has 3 aromatic rings. The minimum absolute atomic E-state index is 0.430. The molecule has 0 amide bonds. The molecule has 0 aliphatic rings. The third-order valence-electron chi connectivity index (χ3n) is 2.39. The van der Waals surface area contributed by atoms with Gasteiger partial charge in [-0.05, 0) is 24.3 Å². The van der Waals surface area contributed by atoms with Gasteiger partial charge in [-0.25, -0.2) is 9.97 Å². The van der Waals surface area contributed by atoms with E-state index in [1.54, 1.807) is 18.6 Å². The average molecular weight is 331 g/mol. The molecule has 3 aromatic heterocycles. The number of nitrogens with one attached hydrogen (secondary N) is 1. The predicted molar refractivity (Wildman–Crippen MR) is 106 cm³/mol. The molecule has 0 aliphatic heterocycles. The van der Waals surface area contributed by atoms with Crippen molar-refractivity contribution in [2.75, 3.05) is 0 Å². The Labute approximate surface area is 147 Å². The molecule has 3 rings (SSSR count). The third-order valence-corrected chi connectivity index (χ3v) is 2.39. The van der Waals surface area contributed by atoms with Gasteiger partial charge in [-0.2, -0.15) is 0 Å². The number of aromatic amines is 1. The Morgan fingerprint density at radius 3 is 1.75 bits per heavy atom. The number of hydrogen-bond donors (Lipinski definition) is 1. The highest BCUT2D eigenvalue weighted by atomic mass is 15.0. The molecule has 0 bridgehead atoms. The highest BCUT2D eigenvalue weighted by Gasteiger charge is 2.05. The van der Waals surface area contributed by atoms with Crippen LogP contribution in [0.2, 0.25) is 0 Å². The molecule has 0 spiro atoms. The van der Waals surface area contributed by atoms with Crippen molar-refractivity contribution in [1.82, 2.24) is 19.9 Å². The van der Waals surface area contributed by atoms with Crippen molar-refractivity contribution in [1.29, 1.82) is 0 Å². The number of nitrogens with zero attached hydrogens (tertiary/aromatic N) is 3. The Morgan fingerprint density at radius 2 is 1.38 bits per heavy atom. The van der Waals surface area contributed by atoms with Crippen LogP contribution < -0.4 is 0 Å². The Morgan fingerprint density at radius 1 is 0.792 bits per heavy atom. The van der Waals surface area contributed by atoms with Crippen molar-refractivity contribution in [2.45, 2.75) is 61.3 Å². The van der Waals surface area contributed by atoms with E-state index in [1.807, 2.05) is 71.9 Å². The van der Waals surface area contributed by atoms with Gasteiger partial charge >= 0.3 is 0 Å². The second-order valence-electron chi connectivity index (χ2n) is 4.18. The van der Waals surface area contributed by atoms with Gasteiger partial charge in [0.25, 0.3) is 0 Å². The summed E-state index contributed by atoms with van der Waals surface area (Å²) in [6.07, 6.45) is 5.26. The molecule has 0 atom stereocenters. The van der Waals surface area contributed by atoms with Crippen LogP contribution in [0.5, 0.6) is 0 Å². The third kappa shape index (κ3) is 9.72. The van der Waals surface area contributed by atoms with E-state index in [4.69, 9.17) is 0 Å². The summed E-state index contributed by atoms with van der Waals surface area (Å²) in [6, 6.07) is 9.61. The molecule has 0 saturated carbocycles. The Balaban J connectivity index is 0. The van der Waals surface area contributed by atoms with E-state index in [0.29, 0.717) is 5.92 Å². The summed E-state index contributed by atoms with van der Waals surface area (Å²) >= 11 is 0. The van der Waals surface area contributed by atoms with Crippen molar-refractivity contribution in [3.05, 3.63) is 54.7 Å². The summed E-state index contributed by atoms with van der Waals surface area (Å²) in [6.45, 7) is 16.2. The second kappa shape index (κ2) is 17.1. The first-order valence-electron chi connectivity index (χ1n) is 8.93. The zero-order valence-electron chi connectivity index (χ0n) is 16.5. The van der Waals surface area contributed by atoms with Crippen molar-refractivity contribution in [3.63, 3.8) is 0 Å². The average Bonchev–Trinajstić information content (AvgIpc) is 3.13. The normalized spacial score (nSPS) is 8.38. The summed E-state index contributed by atoms with van der Waals surface area (Å²) < 4.78 is 0. The standard InChI is InChI=1S/C9H11N3.C5H5N.3C2H6/c1-6(2)8-11-7-4-3-5-10-9(7)12-8;1-2-4-6-5-3-1;3*1-2/h3-6H,1-2H3,(H,10,11,12);1-5H;3*1-2H3. The van der Waals surface area contributed by atoms with E-state index in [2.05, 4.69) is 33.8 Å². The molecule has 1 N–H and O–H groups in total. The zero-order valence-corrected chi connectivity index (χ0v) is 16.5. The predicted octanol–water partition coefficient (Wildman–Crippen LogP) is 6.24. The van der Waals surface area contributed by atoms with Crippen LogP contribution in [0.4, 0.5) is 0 Å². The van der Waals surface area contributed by atoms with Crippen LogP contribution in [0.25, 0.3) is 11.2 Å². The molecule has 0 aliphatic carbocycles. The van der Waals surface area contributed by atoms with Gasteiger partial charge in [-0.3, -0.25) is 4.98 Å². The number of hydrogen-bond acceptors (Lipinski definition) is 3. The summed E-state index contributed by atoms with van der Waals surface area (Å²) in [7, 11) is 0. The van der Waals surface area contributed by atoms with Crippen molar-refractivity contribution >= 4 is 11.2 Å². The van der Waals surface area contributed by atoms with Gasteiger partial charge in [0.1, 0.15) is 5.82 Å². The molecule has 0 fully saturated rings. The van der Waals surface area contributed by atoms with E-state index < -0.39 is 0 Å². The molecule has 0 aromatic carbocycles. The van der Waals surface area contributed by atoms with Crippen LogP contribution in [0, 0.1) is 0 Å². The van der Waals surface area contributed by atoms with Gasteiger partial charge in [-0.1, -0.05) is 61.5 Å². The largest absolute Gasteiger partial charge is 0.340 e. The number of rotatable bonds is 1. The minimum Gasteiger partial charge on any atom is -0.340 e. The highest BCUT2D eigenvalue weighted by molar-refractivity contribution is 5.69. The second-order valence-corrected chi connectivity index (χ2v) is 4.18. The quantitative estimate of drug-likeness (QED) is 0.574. The van der Waals surface area contributed by atoms with Crippen LogP contribution in [-0.2, 0) is 0 Å². The zero-order chi connectivity index (χ0) is 18.8. The molecule has 0 saturated heterocycles. The van der Waals surface area contributed by atoms with Crippen LogP contribution in [-0.4, -0.2) is 19.9 Å². The summed E-state index contributed by atoms with van der Waals surface area (Å²) in [5, 5.41) is 0. The van der Waals surface area contributed by atoms with Gasteiger partial charge < -0.3 is 4.98 Å². The maximum atomic E-state index is 4.35. The van der Waals surface area contributed by atoms with Gasteiger partial charge in [0.05, 0.1) is 5.52 Å². The monoisotopic (exact) mass is 330 g/mol. The Bertz CT molecular complexity index is 529. The summed E-state index contributed by atoms with van der Waals surface area (Å²) in [5.41, 5.74) is 1.82. The molecule has 3 heterocycles. The van der Waals surface area contributed by atoms with E-state index in [1.165, 1.54) is 0 Å². The van der Waals surface area contributed by atoms with Crippen molar-refractivity contribution < 1.29 is 0 Å². The first-order valence-corrected chi connectivity index (χ1v) is 8.93. The maximum absolute atomic E-state index is 4.35. The molecular weight excluding hydrogens is 296 g/mol. The van der Waals surface area contributed by atoms with Crippen molar-refractivity contribution in [3.8, 4) is 0 Å². The van der Waals surface area contributed by atoms with Crippen LogP contribution in [0.15, 0.2) is 48.9 Å². The Hall–Kier alpha value is -2.23. The van der Waals surface area contributed by atoms with E-state index >= 15 is 0 Å². The number of H-pyrrole nitrogens is 1. The fourth-order valence-corrected chi connectivity index (χ4v) is 1.45. The van der Waals surface area contributed by atoms with E-state index in [0.717, 1.165) is 17.0 Å². The molecular formula is C20H34N4. The number of imidazole rings is 1. The minimum atomic E-state index is 0.430. The molecule has 24 heavy (non-hydrogen) atoms. The van der Waals surface area contributed by atoms with Gasteiger partial charge in [-0.15, -0.1) is 0 Å². The van der Waals surface area contributed by atoms with Crippen molar-refractivity contribution in [2.24, 2.45) is 0 Å². The number of fused-ring (bicyclic) bond motifs is 1. The highest BCUT2D eigenvalue weighted by Crippen LogP contribution is 2.14. The van der Waals surface area contributed by atoms with Crippen LogP contribution in [0.3, 0.4) is 0 Å². The maximum Gasteiger partial charge on any atom is 0.177 e. The van der Waals surface area contributed by atoms with Crippen LogP contribution in [0.1, 0.15) is 67.1 Å². The first-order chi connectivity index (χ1) is 11.8. The number of aromatic nitrogens is 4.